The zero-order valence-corrected chi connectivity index (χ0v) is 13.0. The molecule has 116 valence electrons. The fraction of sp³-hybridized carbons (Fsp3) is 0.158. The standard InChI is InChI=1S/C19H19N3O/c1-14(20)11-16-9-5-6-10-18(16)23-19-12-17(21-13-22-19)15-7-3-2-4-8-15/h2-10,12-14H,11,20H2,1H3. The van der Waals surface area contributed by atoms with Crippen LogP contribution >= 0.6 is 0 Å². The van der Waals surface area contributed by atoms with Crippen molar-refractivity contribution in [2.75, 3.05) is 0 Å². The monoisotopic (exact) mass is 305 g/mol. The van der Waals surface area contributed by atoms with Crippen LogP contribution in [0.3, 0.4) is 0 Å². The Labute approximate surface area is 136 Å². The average molecular weight is 305 g/mol. The first kappa shape index (κ1) is 15.2. The second kappa shape index (κ2) is 7.03. The predicted octanol–water partition coefficient (Wildman–Crippen LogP) is 3.83. The molecule has 0 amide bonds. The van der Waals surface area contributed by atoms with Crippen molar-refractivity contribution in [3.05, 3.63) is 72.6 Å². The van der Waals surface area contributed by atoms with Crippen molar-refractivity contribution >= 4 is 0 Å². The highest BCUT2D eigenvalue weighted by Gasteiger charge is 2.08. The minimum absolute atomic E-state index is 0.0741. The number of rotatable bonds is 5. The summed E-state index contributed by atoms with van der Waals surface area (Å²) in [6.07, 6.45) is 2.28. The second-order valence-corrected chi connectivity index (χ2v) is 5.50. The zero-order valence-electron chi connectivity index (χ0n) is 13.0. The van der Waals surface area contributed by atoms with Crippen LogP contribution in [0.25, 0.3) is 11.3 Å². The van der Waals surface area contributed by atoms with E-state index >= 15 is 0 Å². The molecule has 1 aromatic heterocycles. The fourth-order valence-electron chi connectivity index (χ4n) is 2.39. The third-order valence-electron chi connectivity index (χ3n) is 3.44. The molecule has 0 saturated carbocycles. The summed E-state index contributed by atoms with van der Waals surface area (Å²) in [6.45, 7) is 1.98. The fourth-order valence-corrected chi connectivity index (χ4v) is 2.39. The number of benzene rings is 2. The molecule has 3 aromatic rings. The largest absolute Gasteiger partial charge is 0.439 e. The van der Waals surface area contributed by atoms with E-state index in [1.807, 2.05) is 67.6 Å². The molecule has 0 spiro atoms. The number of para-hydroxylation sites is 1. The lowest BCUT2D eigenvalue weighted by molar-refractivity contribution is 0.454. The highest BCUT2D eigenvalue weighted by atomic mass is 16.5. The van der Waals surface area contributed by atoms with Crippen LogP contribution < -0.4 is 10.5 Å². The smallest absolute Gasteiger partial charge is 0.222 e. The van der Waals surface area contributed by atoms with E-state index in [9.17, 15) is 0 Å². The van der Waals surface area contributed by atoms with Gasteiger partial charge in [-0.25, -0.2) is 9.97 Å². The Bertz CT molecular complexity index is 772. The van der Waals surface area contributed by atoms with Gasteiger partial charge in [-0.1, -0.05) is 48.5 Å². The van der Waals surface area contributed by atoms with Gasteiger partial charge in [0.2, 0.25) is 5.88 Å². The van der Waals surface area contributed by atoms with Crippen molar-refractivity contribution in [3.63, 3.8) is 0 Å². The van der Waals surface area contributed by atoms with Crippen LogP contribution in [0.2, 0.25) is 0 Å². The van der Waals surface area contributed by atoms with Crippen molar-refractivity contribution in [1.82, 2.24) is 9.97 Å². The molecule has 0 fully saturated rings. The molecular formula is C19H19N3O. The summed E-state index contributed by atoms with van der Waals surface area (Å²) in [5.41, 5.74) is 8.84. The zero-order chi connectivity index (χ0) is 16.1. The van der Waals surface area contributed by atoms with Crippen molar-refractivity contribution < 1.29 is 4.74 Å². The Morgan fingerprint density at radius 2 is 1.74 bits per heavy atom. The highest BCUT2D eigenvalue weighted by Crippen LogP contribution is 2.27. The minimum atomic E-state index is 0.0741. The summed E-state index contributed by atoms with van der Waals surface area (Å²) in [5, 5.41) is 0. The molecule has 4 nitrogen and oxygen atoms in total. The molecule has 0 aliphatic carbocycles. The van der Waals surface area contributed by atoms with Crippen molar-refractivity contribution in [2.45, 2.75) is 19.4 Å². The molecule has 0 saturated heterocycles. The van der Waals surface area contributed by atoms with E-state index in [4.69, 9.17) is 10.5 Å². The van der Waals surface area contributed by atoms with Gasteiger partial charge in [0, 0.05) is 17.7 Å². The summed E-state index contributed by atoms with van der Waals surface area (Å²) >= 11 is 0. The SMILES string of the molecule is CC(N)Cc1ccccc1Oc1cc(-c2ccccc2)ncn1. The van der Waals surface area contributed by atoms with Crippen molar-refractivity contribution in [2.24, 2.45) is 5.73 Å². The van der Waals surface area contributed by atoms with E-state index in [-0.39, 0.29) is 6.04 Å². The second-order valence-electron chi connectivity index (χ2n) is 5.50. The average Bonchev–Trinajstić information content (AvgIpc) is 2.57. The number of nitrogens with zero attached hydrogens (tertiary/aromatic N) is 2. The molecule has 0 radical (unpaired) electrons. The molecule has 2 N–H and O–H groups in total. The molecule has 3 rings (SSSR count). The molecule has 0 aliphatic heterocycles. The lowest BCUT2D eigenvalue weighted by Gasteiger charge is -2.12. The van der Waals surface area contributed by atoms with Crippen LogP contribution in [-0.4, -0.2) is 16.0 Å². The number of nitrogens with two attached hydrogens (primary N) is 1. The molecule has 2 aromatic carbocycles. The molecule has 0 aliphatic rings. The molecule has 1 heterocycles. The maximum atomic E-state index is 5.97. The number of aromatic nitrogens is 2. The molecule has 1 unspecified atom stereocenters. The van der Waals surface area contributed by atoms with Gasteiger partial charge in [-0.2, -0.15) is 0 Å². The van der Waals surface area contributed by atoms with Gasteiger partial charge < -0.3 is 10.5 Å². The Morgan fingerprint density at radius 1 is 1.00 bits per heavy atom. The molecular weight excluding hydrogens is 286 g/mol. The molecule has 1 atom stereocenters. The number of ether oxygens (including phenoxy) is 1. The Morgan fingerprint density at radius 3 is 2.52 bits per heavy atom. The topological polar surface area (TPSA) is 61.0 Å². The van der Waals surface area contributed by atoms with Gasteiger partial charge in [-0.15, -0.1) is 0 Å². The molecule has 4 heteroatoms. The normalized spacial score (nSPS) is 11.9. The van der Waals surface area contributed by atoms with E-state index in [1.165, 1.54) is 6.33 Å². The predicted molar refractivity (Wildman–Crippen MR) is 91.3 cm³/mol. The Hall–Kier alpha value is -2.72. The first-order valence-corrected chi connectivity index (χ1v) is 7.61. The van der Waals surface area contributed by atoms with Gasteiger partial charge >= 0.3 is 0 Å². The summed E-state index contributed by atoms with van der Waals surface area (Å²) in [6, 6.07) is 19.8. The van der Waals surface area contributed by atoms with Gasteiger partial charge in [0.15, 0.2) is 0 Å². The Balaban J connectivity index is 1.87. The quantitative estimate of drug-likeness (QED) is 0.778. The van der Waals surface area contributed by atoms with Gasteiger partial charge in [0.25, 0.3) is 0 Å². The number of hydrogen-bond donors (Lipinski definition) is 1. The van der Waals surface area contributed by atoms with Gasteiger partial charge in [0.1, 0.15) is 12.1 Å². The first-order valence-electron chi connectivity index (χ1n) is 7.61. The number of hydrogen-bond acceptors (Lipinski definition) is 4. The molecule has 0 bridgehead atoms. The highest BCUT2D eigenvalue weighted by molar-refractivity contribution is 5.59. The van der Waals surface area contributed by atoms with E-state index in [0.29, 0.717) is 5.88 Å². The maximum Gasteiger partial charge on any atom is 0.222 e. The minimum Gasteiger partial charge on any atom is -0.439 e. The van der Waals surface area contributed by atoms with E-state index < -0.39 is 0 Å². The van der Waals surface area contributed by atoms with Crippen LogP contribution in [0, 0.1) is 0 Å². The van der Waals surface area contributed by atoms with Gasteiger partial charge in [0.05, 0.1) is 5.69 Å². The molecule has 23 heavy (non-hydrogen) atoms. The summed E-state index contributed by atoms with van der Waals surface area (Å²) in [7, 11) is 0. The lowest BCUT2D eigenvalue weighted by atomic mass is 10.1. The van der Waals surface area contributed by atoms with Crippen molar-refractivity contribution in [3.8, 4) is 22.9 Å². The lowest BCUT2D eigenvalue weighted by Crippen LogP contribution is -2.18. The van der Waals surface area contributed by atoms with Crippen LogP contribution in [-0.2, 0) is 6.42 Å². The maximum absolute atomic E-state index is 5.97. The van der Waals surface area contributed by atoms with E-state index in [1.54, 1.807) is 0 Å². The van der Waals surface area contributed by atoms with Crippen molar-refractivity contribution in [1.29, 1.82) is 0 Å². The third-order valence-corrected chi connectivity index (χ3v) is 3.44. The summed E-state index contributed by atoms with van der Waals surface area (Å²) < 4.78 is 5.97. The first-order chi connectivity index (χ1) is 11.2. The van der Waals surface area contributed by atoms with Crippen LogP contribution in [0.1, 0.15) is 12.5 Å². The summed E-state index contributed by atoms with van der Waals surface area (Å²) in [4.78, 5) is 8.53. The van der Waals surface area contributed by atoms with Gasteiger partial charge in [-0.3, -0.25) is 0 Å². The van der Waals surface area contributed by atoms with Gasteiger partial charge in [-0.05, 0) is 25.0 Å². The Kier molecular flexibility index (Phi) is 4.64. The van der Waals surface area contributed by atoms with Crippen LogP contribution in [0.4, 0.5) is 0 Å². The van der Waals surface area contributed by atoms with Crippen LogP contribution in [0.15, 0.2) is 67.0 Å². The van der Waals surface area contributed by atoms with Crippen LogP contribution in [0.5, 0.6) is 11.6 Å². The third kappa shape index (κ3) is 3.93. The van der Waals surface area contributed by atoms with E-state index in [2.05, 4.69) is 9.97 Å². The summed E-state index contributed by atoms with van der Waals surface area (Å²) in [5.74, 6) is 1.30. The van der Waals surface area contributed by atoms with E-state index in [0.717, 1.165) is 29.0 Å².